The van der Waals surface area contributed by atoms with Gasteiger partial charge in [0.2, 0.25) is 6.79 Å². The molecule has 2 aromatic heterocycles. The van der Waals surface area contributed by atoms with Crippen molar-refractivity contribution in [2.45, 2.75) is 29.4 Å². The second-order valence-corrected chi connectivity index (χ2v) is 7.79. The summed E-state index contributed by atoms with van der Waals surface area (Å²) in [5, 5.41) is 0.859. The maximum atomic E-state index is 6.05. The molecule has 0 amide bonds. The molecule has 2 N–H and O–H groups in total. The fourth-order valence-electron chi connectivity index (χ4n) is 2.89. The van der Waals surface area contributed by atoms with Gasteiger partial charge in [-0.2, -0.15) is 0 Å². The fraction of sp³-hybridized carbons (Fsp3) is 0.278. The lowest BCUT2D eigenvalue weighted by Gasteiger charge is -2.09. The molecule has 1 aliphatic rings. The van der Waals surface area contributed by atoms with Gasteiger partial charge in [0.1, 0.15) is 5.52 Å². The summed E-state index contributed by atoms with van der Waals surface area (Å²) in [6, 6.07) is 5.84. The van der Waals surface area contributed by atoms with Crippen LogP contribution in [-0.4, -0.2) is 34.6 Å². The first-order chi connectivity index (χ1) is 13.2. The molecule has 1 aliphatic heterocycles. The molecule has 0 radical (unpaired) electrons. The molecule has 9 heteroatoms. The van der Waals surface area contributed by atoms with E-state index in [0.717, 1.165) is 56.4 Å². The molecule has 0 atom stereocenters. The number of fused-ring (bicyclic) bond motifs is 2. The Hall–Kier alpha value is -2.26. The lowest BCUT2D eigenvalue weighted by atomic mass is 10.3. The number of pyridine rings is 1. The van der Waals surface area contributed by atoms with Crippen LogP contribution in [0, 0.1) is 0 Å². The van der Waals surface area contributed by atoms with Gasteiger partial charge >= 0.3 is 0 Å². The number of rotatable bonds is 6. The average Bonchev–Trinajstić information content (AvgIpc) is 3.24. The third-order valence-corrected chi connectivity index (χ3v) is 6.16. The van der Waals surface area contributed by atoms with Gasteiger partial charge in [0.15, 0.2) is 22.5 Å². The quantitative estimate of drug-likeness (QED) is 0.451. The number of nitrogens with two attached hydrogens (primary N) is 1. The fourth-order valence-corrected chi connectivity index (χ4v) is 4.41. The molecule has 3 aromatic rings. The Bertz CT molecular complexity index is 1020. The number of benzene rings is 1. The SMILES string of the molecule is CN=CCCCn1c(Sc2cc3c(cc2Br)OCO3)nc2c(N)nccc21. The first-order valence-electron chi connectivity index (χ1n) is 8.45. The summed E-state index contributed by atoms with van der Waals surface area (Å²) < 4.78 is 14.0. The van der Waals surface area contributed by atoms with Crippen molar-refractivity contribution in [1.82, 2.24) is 14.5 Å². The van der Waals surface area contributed by atoms with E-state index in [4.69, 9.17) is 20.2 Å². The van der Waals surface area contributed by atoms with E-state index in [1.807, 2.05) is 24.4 Å². The zero-order chi connectivity index (χ0) is 18.8. The van der Waals surface area contributed by atoms with Crippen LogP contribution in [-0.2, 0) is 6.54 Å². The molecular formula is C18H18BrN5O2S. The molecule has 4 rings (SSSR count). The standard InChI is InChI=1S/C18H18BrN5O2S/c1-21-5-2-3-7-24-12-4-6-22-17(20)16(12)23-18(24)27-15-9-14-13(8-11(15)19)25-10-26-14/h4-6,8-9H,2-3,7,10H2,1H3,(H2,20,22). The van der Waals surface area contributed by atoms with E-state index in [2.05, 4.69) is 30.5 Å². The van der Waals surface area contributed by atoms with Crippen molar-refractivity contribution in [1.29, 1.82) is 0 Å². The highest BCUT2D eigenvalue weighted by Crippen LogP contribution is 2.43. The van der Waals surface area contributed by atoms with Crippen LogP contribution in [0.5, 0.6) is 11.5 Å². The number of nitrogens with zero attached hydrogens (tertiary/aromatic N) is 4. The van der Waals surface area contributed by atoms with Crippen molar-refractivity contribution in [3.63, 3.8) is 0 Å². The Morgan fingerprint density at radius 3 is 3.00 bits per heavy atom. The van der Waals surface area contributed by atoms with Gasteiger partial charge in [0, 0.05) is 29.2 Å². The van der Waals surface area contributed by atoms with Crippen molar-refractivity contribution in [3.05, 3.63) is 28.9 Å². The maximum absolute atomic E-state index is 6.05. The van der Waals surface area contributed by atoms with Gasteiger partial charge in [-0.15, -0.1) is 0 Å². The van der Waals surface area contributed by atoms with Gasteiger partial charge in [0.25, 0.3) is 0 Å². The summed E-state index contributed by atoms with van der Waals surface area (Å²) >= 11 is 5.17. The number of aliphatic imine (C=N–C) groups is 1. The van der Waals surface area contributed by atoms with Gasteiger partial charge in [0.05, 0.1) is 5.52 Å². The average molecular weight is 448 g/mol. The number of ether oxygens (including phenoxy) is 2. The summed E-state index contributed by atoms with van der Waals surface area (Å²) in [5.74, 6) is 1.92. The molecule has 3 heterocycles. The van der Waals surface area contributed by atoms with E-state index in [-0.39, 0.29) is 6.79 Å². The molecule has 0 saturated carbocycles. The molecular weight excluding hydrogens is 430 g/mol. The predicted molar refractivity (Wildman–Crippen MR) is 110 cm³/mol. The number of imidazole rings is 1. The number of anilines is 1. The second kappa shape index (κ2) is 7.77. The molecule has 0 spiro atoms. The largest absolute Gasteiger partial charge is 0.454 e. The molecule has 0 unspecified atom stereocenters. The van der Waals surface area contributed by atoms with Crippen LogP contribution < -0.4 is 15.2 Å². The van der Waals surface area contributed by atoms with E-state index in [9.17, 15) is 0 Å². The molecule has 0 bridgehead atoms. The van der Waals surface area contributed by atoms with Crippen LogP contribution in [0.1, 0.15) is 12.8 Å². The minimum absolute atomic E-state index is 0.246. The van der Waals surface area contributed by atoms with Crippen molar-refractivity contribution in [2.75, 3.05) is 19.6 Å². The van der Waals surface area contributed by atoms with Crippen molar-refractivity contribution in [2.24, 2.45) is 4.99 Å². The number of aromatic nitrogens is 3. The first-order valence-corrected chi connectivity index (χ1v) is 10.1. The smallest absolute Gasteiger partial charge is 0.231 e. The third-order valence-electron chi connectivity index (χ3n) is 4.19. The van der Waals surface area contributed by atoms with Crippen LogP contribution in [0.2, 0.25) is 0 Å². The van der Waals surface area contributed by atoms with Crippen LogP contribution in [0.15, 0.2) is 43.9 Å². The van der Waals surface area contributed by atoms with E-state index in [1.165, 1.54) is 0 Å². The van der Waals surface area contributed by atoms with Gasteiger partial charge in [-0.25, -0.2) is 9.97 Å². The van der Waals surface area contributed by atoms with Crippen LogP contribution in [0.25, 0.3) is 11.0 Å². The summed E-state index contributed by atoms with van der Waals surface area (Å²) in [6.45, 7) is 1.06. The monoisotopic (exact) mass is 447 g/mol. The normalized spacial score (nSPS) is 13.1. The van der Waals surface area contributed by atoms with Gasteiger partial charge in [-0.1, -0.05) is 11.8 Å². The Morgan fingerprint density at radius 2 is 2.19 bits per heavy atom. The second-order valence-electron chi connectivity index (χ2n) is 5.93. The minimum Gasteiger partial charge on any atom is -0.454 e. The molecule has 0 fully saturated rings. The number of halogens is 1. The van der Waals surface area contributed by atoms with Gasteiger partial charge < -0.3 is 24.8 Å². The van der Waals surface area contributed by atoms with Crippen molar-refractivity contribution >= 4 is 50.8 Å². The summed E-state index contributed by atoms with van der Waals surface area (Å²) in [7, 11) is 1.79. The topological polar surface area (TPSA) is 87.5 Å². The Kier molecular flexibility index (Phi) is 5.22. The molecule has 0 saturated heterocycles. The highest BCUT2D eigenvalue weighted by molar-refractivity contribution is 9.10. The van der Waals surface area contributed by atoms with E-state index in [1.54, 1.807) is 25.0 Å². The predicted octanol–water partition coefficient (Wildman–Crippen LogP) is 4.14. The number of nitrogen functional groups attached to an aromatic ring is 1. The number of hydrogen-bond acceptors (Lipinski definition) is 7. The Morgan fingerprint density at radius 1 is 1.37 bits per heavy atom. The Balaban J connectivity index is 1.71. The Labute approximate surface area is 169 Å². The summed E-state index contributed by atoms with van der Waals surface area (Å²) in [5.41, 5.74) is 7.75. The minimum atomic E-state index is 0.246. The first kappa shape index (κ1) is 18.1. The maximum Gasteiger partial charge on any atom is 0.231 e. The highest BCUT2D eigenvalue weighted by Gasteiger charge is 2.20. The van der Waals surface area contributed by atoms with Crippen LogP contribution >= 0.6 is 27.7 Å². The van der Waals surface area contributed by atoms with Crippen molar-refractivity contribution < 1.29 is 9.47 Å². The van der Waals surface area contributed by atoms with Gasteiger partial charge in [-0.3, -0.25) is 0 Å². The molecule has 0 aliphatic carbocycles. The zero-order valence-corrected chi connectivity index (χ0v) is 17.1. The van der Waals surface area contributed by atoms with Crippen LogP contribution in [0.3, 0.4) is 0 Å². The van der Waals surface area contributed by atoms with Crippen LogP contribution in [0.4, 0.5) is 5.82 Å². The van der Waals surface area contributed by atoms with Crippen molar-refractivity contribution in [3.8, 4) is 11.5 Å². The van der Waals surface area contributed by atoms with E-state index < -0.39 is 0 Å². The molecule has 1 aromatic carbocycles. The third kappa shape index (κ3) is 3.61. The lowest BCUT2D eigenvalue weighted by molar-refractivity contribution is 0.174. The molecule has 7 nitrogen and oxygen atoms in total. The van der Waals surface area contributed by atoms with Gasteiger partial charge in [-0.05, 0) is 53.2 Å². The number of aryl methyl sites for hydroxylation is 1. The number of hydrogen-bond donors (Lipinski definition) is 1. The van der Waals surface area contributed by atoms with E-state index in [0.29, 0.717) is 5.82 Å². The zero-order valence-electron chi connectivity index (χ0n) is 14.7. The highest BCUT2D eigenvalue weighted by atomic mass is 79.9. The number of unbranched alkanes of at least 4 members (excludes halogenated alkanes) is 1. The summed E-state index contributed by atoms with van der Waals surface area (Å²) in [6.07, 6.45) is 5.51. The lowest BCUT2D eigenvalue weighted by Crippen LogP contribution is -2.01. The molecule has 140 valence electrons. The molecule has 27 heavy (non-hydrogen) atoms. The summed E-state index contributed by atoms with van der Waals surface area (Å²) in [4.78, 5) is 14.0. The van der Waals surface area contributed by atoms with E-state index >= 15 is 0 Å².